The Labute approximate surface area is 105 Å². The summed E-state index contributed by atoms with van der Waals surface area (Å²) in [6.07, 6.45) is 1.41. The van der Waals surface area contributed by atoms with Gasteiger partial charge in [0, 0.05) is 10.6 Å². The summed E-state index contributed by atoms with van der Waals surface area (Å²) in [6, 6.07) is 15.7. The first-order valence-corrected chi connectivity index (χ1v) is 5.75. The molecule has 0 fully saturated rings. The van der Waals surface area contributed by atoms with Gasteiger partial charge in [-0.15, -0.1) is 0 Å². The first kappa shape index (κ1) is 10.4. The van der Waals surface area contributed by atoms with E-state index in [1.165, 1.54) is 6.40 Å². The number of benzene rings is 2. The topological polar surface area (TPSA) is 21.6 Å². The molecule has 1 aliphatic rings. The lowest BCUT2D eigenvalue weighted by molar-refractivity contribution is 0.242. The van der Waals surface area contributed by atoms with Gasteiger partial charge >= 0.3 is 0 Å². The fourth-order valence-electron chi connectivity index (χ4n) is 1.94. The van der Waals surface area contributed by atoms with E-state index in [2.05, 4.69) is 4.99 Å². The van der Waals surface area contributed by atoms with Crippen molar-refractivity contribution in [3.8, 4) is 0 Å². The second kappa shape index (κ2) is 4.22. The van der Waals surface area contributed by atoms with E-state index in [-0.39, 0.29) is 6.10 Å². The van der Waals surface area contributed by atoms with Gasteiger partial charge in [-0.3, -0.25) is 0 Å². The summed E-state index contributed by atoms with van der Waals surface area (Å²) in [4.78, 5) is 4.21. The predicted molar refractivity (Wildman–Crippen MR) is 69.0 cm³/mol. The highest BCUT2D eigenvalue weighted by Gasteiger charge is 2.20. The van der Waals surface area contributed by atoms with Crippen molar-refractivity contribution in [1.29, 1.82) is 0 Å². The Morgan fingerprint density at radius 3 is 2.59 bits per heavy atom. The molecule has 0 aliphatic carbocycles. The first-order chi connectivity index (χ1) is 8.34. The fourth-order valence-corrected chi connectivity index (χ4v) is 2.07. The van der Waals surface area contributed by atoms with Crippen molar-refractivity contribution in [2.75, 3.05) is 0 Å². The fraction of sp³-hybridized carbons (Fsp3) is 0.0714. The Hall–Kier alpha value is -1.80. The minimum absolute atomic E-state index is 0.0963. The second-order valence-corrected chi connectivity index (χ2v) is 4.30. The van der Waals surface area contributed by atoms with Gasteiger partial charge in [0.25, 0.3) is 0 Å². The highest BCUT2D eigenvalue weighted by atomic mass is 35.5. The number of ether oxygens (including phenoxy) is 1. The maximum Gasteiger partial charge on any atom is 0.175 e. The number of hydrogen-bond acceptors (Lipinski definition) is 2. The molecule has 1 heterocycles. The third-order valence-corrected chi connectivity index (χ3v) is 3.03. The Kier molecular flexibility index (Phi) is 2.57. The normalized spacial score (nSPS) is 17.4. The molecule has 0 saturated carbocycles. The Morgan fingerprint density at radius 2 is 1.76 bits per heavy atom. The van der Waals surface area contributed by atoms with Gasteiger partial charge in [0.2, 0.25) is 0 Å². The Balaban J connectivity index is 2.05. The van der Waals surface area contributed by atoms with Crippen molar-refractivity contribution in [2.45, 2.75) is 6.10 Å². The summed E-state index contributed by atoms with van der Waals surface area (Å²) in [7, 11) is 0. The molecule has 0 radical (unpaired) electrons. The van der Waals surface area contributed by atoms with Gasteiger partial charge in [0.15, 0.2) is 12.5 Å². The van der Waals surface area contributed by atoms with E-state index >= 15 is 0 Å². The van der Waals surface area contributed by atoms with Gasteiger partial charge in [0.1, 0.15) is 0 Å². The number of halogens is 1. The zero-order chi connectivity index (χ0) is 11.7. The molecule has 1 atom stereocenters. The van der Waals surface area contributed by atoms with Crippen LogP contribution in [-0.2, 0) is 4.74 Å². The van der Waals surface area contributed by atoms with Crippen molar-refractivity contribution in [2.24, 2.45) is 4.99 Å². The van der Waals surface area contributed by atoms with Crippen molar-refractivity contribution in [1.82, 2.24) is 0 Å². The van der Waals surface area contributed by atoms with Crippen molar-refractivity contribution >= 4 is 23.7 Å². The van der Waals surface area contributed by atoms with E-state index in [0.717, 1.165) is 21.8 Å². The average Bonchev–Trinajstić information content (AvgIpc) is 2.39. The van der Waals surface area contributed by atoms with Gasteiger partial charge in [0.05, 0.1) is 5.69 Å². The van der Waals surface area contributed by atoms with Crippen LogP contribution in [0.25, 0.3) is 0 Å². The maximum atomic E-state index is 5.88. The lowest BCUT2D eigenvalue weighted by Crippen LogP contribution is -2.08. The van der Waals surface area contributed by atoms with E-state index in [4.69, 9.17) is 16.3 Å². The third-order valence-electron chi connectivity index (χ3n) is 2.78. The van der Waals surface area contributed by atoms with Crippen LogP contribution in [0.5, 0.6) is 0 Å². The van der Waals surface area contributed by atoms with Crippen LogP contribution in [0.2, 0.25) is 5.02 Å². The van der Waals surface area contributed by atoms with E-state index in [0.29, 0.717) is 0 Å². The molecule has 0 amide bonds. The monoisotopic (exact) mass is 243 g/mol. The lowest BCUT2D eigenvalue weighted by Gasteiger charge is -2.22. The van der Waals surface area contributed by atoms with Gasteiger partial charge in [-0.2, -0.15) is 0 Å². The van der Waals surface area contributed by atoms with Crippen LogP contribution in [0.1, 0.15) is 17.2 Å². The molecule has 3 heteroatoms. The molecule has 0 saturated heterocycles. The quantitative estimate of drug-likeness (QED) is 0.738. The largest absolute Gasteiger partial charge is 0.470 e. The molecule has 1 aliphatic heterocycles. The van der Waals surface area contributed by atoms with E-state index in [1.54, 1.807) is 0 Å². The Morgan fingerprint density at radius 1 is 1.00 bits per heavy atom. The summed E-state index contributed by atoms with van der Waals surface area (Å²) in [5, 5.41) is 0.728. The molecular weight excluding hydrogens is 234 g/mol. The van der Waals surface area contributed by atoms with Gasteiger partial charge in [-0.25, -0.2) is 4.99 Å². The van der Waals surface area contributed by atoms with E-state index in [9.17, 15) is 0 Å². The minimum Gasteiger partial charge on any atom is -0.470 e. The van der Waals surface area contributed by atoms with Gasteiger partial charge in [-0.05, 0) is 23.8 Å². The number of rotatable bonds is 1. The number of hydrogen-bond donors (Lipinski definition) is 0. The average molecular weight is 244 g/mol. The molecule has 1 unspecified atom stereocenters. The van der Waals surface area contributed by atoms with Crippen LogP contribution in [0.15, 0.2) is 53.5 Å². The highest BCUT2D eigenvalue weighted by Crippen LogP contribution is 2.35. The van der Waals surface area contributed by atoms with E-state index < -0.39 is 0 Å². The highest BCUT2D eigenvalue weighted by molar-refractivity contribution is 6.30. The molecule has 2 nitrogen and oxygen atoms in total. The molecule has 3 rings (SSSR count). The molecule has 2 aromatic carbocycles. The summed E-state index contributed by atoms with van der Waals surface area (Å²) < 4.78 is 5.60. The van der Waals surface area contributed by atoms with Crippen molar-refractivity contribution in [3.63, 3.8) is 0 Å². The SMILES string of the molecule is Clc1ccc(C2OC=Nc3ccccc32)cc1. The number of para-hydroxylation sites is 1. The first-order valence-electron chi connectivity index (χ1n) is 5.37. The minimum atomic E-state index is -0.0963. The van der Waals surface area contributed by atoms with Crippen LogP contribution in [0.4, 0.5) is 5.69 Å². The lowest BCUT2D eigenvalue weighted by atomic mass is 9.99. The maximum absolute atomic E-state index is 5.88. The Bertz CT molecular complexity index is 563. The summed E-state index contributed by atoms with van der Waals surface area (Å²) >= 11 is 5.88. The third kappa shape index (κ3) is 1.92. The molecule has 0 bridgehead atoms. The predicted octanol–water partition coefficient (Wildman–Crippen LogP) is 4.12. The summed E-state index contributed by atoms with van der Waals surface area (Å²) in [6.45, 7) is 0. The summed E-state index contributed by atoms with van der Waals surface area (Å²) in [5.74, 6) is 0. The van der Waals surface area contributed by atoms with Gasteiger partial charge < -0.3 is 4.74 Å². The smallest absolute Gasteiger partial charge is 0.175 e. The van der Waals surface area contributed by atoms with Crippen molar-refractivity contribution in [3.05, 3.63) is 64.7 Å². The molecule has 84 valence electrons. The van der Waals surface area contributed by atoms with E-state index in [1.807, 2.05) is 48.5 Å². The molecule has 0 aromatic heterocycles. The number of fused-ring (bicyclic) bond motifs is 1. The zero-order valence-electron chi connectivity index (χ0n) is 9.01. The molecule has 0 spiro atoms. The van der Waals surface area contributed by atoms with Crippen LogP contribution in [0, 0.1) is 0 Å². The van der Waals surface area contributed by atoms with Crippen LogP contribution < -0.4 is 0 Å². The van der Waals surface area contributed by atoms with Crippen LogP contribution in [0.3, 0.4) is 0 Å². The standard InChI is InChI=1S/C14H10ClNO/c15-11-7-5-10(6-8-11)14-12-3-1-2-4-13(12)16-9-17-14/h1-9,14H. The second-order valence-electron chi connectivity index (χ2n) is 3.86. The zero-order valence-corrected chi connectivity index (χ0v) is 9.76. The molecule has 2 aromatic rings. The van der Waals surface area contributed by atoms with Crippen LogP contribution >= 0.6 is 11.6 Å². The number of nitrogens with zero attached hydrogens (tertiary/aromatic N) is 1. The molecule has 0 N–H and O–H groups in total. The van der Waals surface area contributed by atoms with Crippen molar-refractivity contribution < 1.29 is 4.74 Å². The van der Waals surface area contributed by atoms with Crippen LogP contribution in [-0.4, -0.2) is 6.40 Å². The van der Waals surface area contributed by atoms with Gasteiger partial charge in [-0.1, -0.05) is 41.9 Å². The summed E-state index contributed by atoms with van der Waals surface area (Å²) in [5.41, 5.74) is 3.11. The molecular formula is C14H10ClNO. The molecule has 17 heavy (non-hydrogen) atoms. The number of aliphatic imine (C=N–C) groups is 1.